The van der Waals surface area contributed by atoms with Crippen molar-refractivity contribution in [1.29, 1.82) is 0 Å². The first-order valence-electron chi connectivity index (χ1n) is 9.88. The molecule has 0 saturated carbocycles. The number of benzene rings is 2. The van der Waals surface area contributed by atoms with E-state index < -0.39 is 11.6 Å². The lowest BCUT2D eigenvalue weighted by molar-refractivity contribution is 0.0668. The van der Waals surface area contributed by atoms with E-state index in [1.165, 1.54) is 40.3 Å². The highest BCUT2D eigenvalue weighted by atomic mass is 19.1. The number of carbonyl (C=O) groups is 1. The zero-order chi connectivity index (χ0) is 21.3. The molecule has 3 aromatic rings. The third-order valence-electron chi connectivity index (χ3n) is 5.48. The highest BCUT2D eigenvalue weighted by Crippen LogP contribution is 2.23. The molecule has 0 aliphatic carbocycles. The Morgan fingerprint density at radius 3 is 2.53 bits per heavy atom. The molecule has 1 saturated heterocycles. The summed E-state index contributed by atoms with van der Waals surface area (Å²) in [6.07, 6.45) is 1.44. The summed E-state index contributed by atoms with van der Waals surface area (Å²) in [5.74, 6) is -1.54. The van der Waals surface area contributed by atoms with E-state index in [1.807, 2.05) is 19.1 Å². The van der Waals surface area contributed by atoms with Crippen LogP contribution in [0, 0.1) is 18.6 Å². The zero-order valence-electron chi connectivity index (χ0n) is 16.9. The number of piperazine rings is 1. The second kappa shape index (κ2) is 8.22. The molecule has 0 N–H and O–H groups in total. The van der Waals surface area contributed by atoms with Crippen molar-refractivity contribution in [2.75, 3.05) is 24.5 Å². The van der Waals surface area contributed by atoms with E-state index in [-0.39, 0.29) is 29.8 Å². The van der Waals surface area contributed by atoms with Crippen LogP contribution in [-0.4, -0.2) is 51.5 Å². The predicted molar refractivity (Wildman–Crippen MR) is 109 cm³/mol. The van der Waals surface area contributed by atoms with Gasteiger partial charge in [-0.25, -0.2) is 13.5 Å². The van der Waals surface area contributed by atoms with E-state index in [4.69, 9.17) is 0 Å². The fourth-order valence-electron chi connectivity index (χ4n) is 3.86. The van der Waals surface area contributed by atoms with Gasteiger partial charge < -0.3 is 9.80 Å². The third-order valence-corrected chi connectivity index (χ3v) is 5.48. The first-order chi connectivity index (χ1) is 14.4. The van der Waals surface area contributed by atoms with Gasteiger partial charge in [-0.05, 0) is 37.6 Å². The standard InChI is InChI=1S/C22H23F2N5O/c1-15-6-3-4-9-21(15)27-10-11-29(16(2)12-27)22(30)20-14-28(26-25-20)13-17-18(23)7-5-8-19(17)24/h3-9,14,16H,10-13H2,1-2H3. The van der Waals surface area contributed by atoms with Crippen LogP contribution in [0.4, 0.5) is 14.5 Å². The first-order valence-corrected chi connectivity index (χ1v) is 9.88. The Morgan fingerprint density at radius 1 is 1.10 bits per heavy atom. The number of aryl methyl sites for hydroxylation is 1. The van der Waals surface area contributed by atoms with Crippen molar-refractivity contribution in [3.63, 3.8) is 0 Å². The Labute approximate surface area is 173 Å². The Balaban J connectivity index is 1.45. The molecule has 0 radical (unpaired) electrons. The Hall–Kier alpha value is -3.29. The fraction of sp³-hybridized carbons (Fsp3) is 0.318. The predicted octanol–water partition coefficient (Wildman–Crippen LogP) is 3.26. The minimum Gasteiger partial charge on any atom is -0.367 e. The normalized spacial score (nSPS) is 16.7. The summed E-state index contributed by atoms with van der Waals surface area (Å²) in [4.78, 5) is 17.0. The molecule has 1 aromatic heterocycles. The van der Waals surface area contributed by atoms with Crippen molar-refractivity contribution < 1.29 is 13.6 Å². The van der Waals surface area contributed by atoms with E-state index in [2.05, 4.69) is 34.3 Å². The van der Waals surface area contributed by atoms with E-state index in [0.717, 1.165) is 6.54 Å². The van der Waals surface area contributed by atoms with Crippen LogP contribution < -0.4 is 4.90 Å². The number of aromatic nitrogens is 3. The number of amides is 1. The average Bonchev–Trinajstić information content (AvgIpc) is 3.19. The monoisotopic (exact) mass is 411 g/mol. The number of halogens is 2. The molecule has 1 aliphatic heterocycles. The van der Waals surface area contributed by atoms with Crippen LogP contribution in [0.5, 0.6) is 0 Å². The fourth-order valence-corrected chi connectivity index (χ4v) is 3.86. The maximum Gasteiger partial charge on any atom is 0.276 e. The van der Waals surface area contributed by atoms with Crippen LogP contribution in [0.25, 0.3) is 0 Å². The van der Waals surface area contributed by atoms with Gasteiger partial charge in [0.25, 0.3) is 5.91 Å². The van der Waals surface area contributed by atoms with Crippen LogP contribution in [0.3, 0.4) is 0 Å². The van der Waals surface area contributed by atoms with Crippen molar-refractivity contribution in [3.05, 3.63) is 77.1 Å². The van der Waals surface area contributed by atoms with Gasteiger partial charge in [0.15, 0.2) is 5.69 Å². The van der Waals surface area contributed by atoms with Gasteiger partial charge in [0.05, 0.1) is 12.7 Å². The zero-order valence-corrected chi connectivity index (χ0v) is 16.9. The average molecular weight is 411 g/mol. The molecule has 4 rings (SSSR count). The van der Waals surface area contributed by atoms with Crippen LogP contribution >= 0.6 is 0 Å². The van der Waals surface area contributed by atoms with Crippen LogP contribution in [-0.2, 0) is 6.54 Å². The van der Waals surface area contributed by atoms with Crippen molar-refractivity contribution in [1.82, 2.24) is 19.9 Å². The number of anilines is 1. The SMILES string of the molecule is Cc1ccccc1N1CCN(C(=O)c2cn(Cc3c(F)cccc3F)nn2)C(C)C1. The van der Waals surface area contributed by atoms with E-state index in [9.17, 15) is 13.6 Å². The molecule has 30 heavy (non-hydrogen) atoms. The van der Waals surface area contributed by atoms with E-state index in [1.54, 1.807) is 4.90 Å². The maximum absolute atomic E-state index is 13.9. The highest BCUT2D eigenvalue weighted by molar-refractivity contribution is 5.92. The molecule has 8 heteroatoms. The summed E-state index contributed by atoms with van der Waals surface area (Å²) in [7, 11) is 0. The van der Waals surface area contributed by atoms with Gasteiger partial charge in [-0.15, -0.1) is 5.10 Å². The molecule has 1 atom stereocenters. The molecule has 6 nitrogen and oxygen atoms in total. The topological polar surface area (TPSA) is 54.3 Å². The lowest BCUT2D eigenvalue weighted by Gasteiger charge is -2.41. The smallest absolute Gasteiger partial charge is 0.276 e. The minimum atomic E-state index is -0.653. The number of para-hydroxylation sites is 1. The summed E-state index contributed by atoms with van der Waals surface area (Å²) in [5, 5.41) is 7.82. The summed E-state index contributed by atoms with van der Waals surface area (Å²) >= 11 is 0. The minimum absolute atomic E-state index is 0.0139. The number of nitrogens with zero attached hydrogens (tertiary/aromatic N) is 5. The van der Waals surface area contributed by atoms with Crippen molar-refractivity contribution >= 4 is 11.6 Å². The third kappa shape index (κ3) is 3.90. The van der Waals surface area contributed by atoms with Gasteiger partial charge in [0.1, 0.15) is 11.6 Å². The van der Waals surface area contributed by atoms with Crippen molar-refractivity contribution in [3.8, 4) is 0 Å². The number of carbonyl (C=O) groups excluding carboxylic acids is 1. The Kier molecular flexibility index (Phi) is 5.48. The second-order valence-electron chi connectivity index (χ2n) is 7.58. The summed E-state index contributed by atoms with van der Waals surface area (Å²) in [6.45, 7) is 5.94. The largest absolute Gasteiger partial charge is 0.367 e. The van der Waals surface area contributed by atoms with Crippen LogP contribution in [0.1, 0.15) is 28.5 Å². The molecule has 1 aliphatic rings. The van der Waals surface area contributed by atoms with Crippen molar-refractivity contribution in [2.45, 2.75) is 26.4 Å². The van der Waals surface area contributed by atoms with Gasteiger partial charge >= 0.3 is 0 Å². The van der Waals surface area contributed by atoms with Crippen LogP contribution in [0.15, 0.2) is 48.7 Å². The maximum atomic E-state index is 13.9. The molecule has 0 bridgehead atoms. The van der Waals surface area contributed by atoms with E-state index >= 15 is 0 Å². The van der Waals surface area contributed by atoms with Gasteiger partial charge in [-0.1, -0.05) is 29.5 Å². The quantitative estimate of drug-likeness (QED) is 0.661. The molecule has 0 spiro atoms. The number of rotatable bonds is 4. The molecular weight excluding hydrogens is 388 g/mol. The molecule has 1 amide bonds. The van der Waals surface area contributed by atoms with E-state index in [0.29, 0.717) is 13.1 Å². The Morgan fingerprint density at radius 2 is 1.83 bits per heavy atom. The van der Waals surface area contributed by atoms with Gasteiger partial charge in [-0.2, -0.15) is 0 Å². The lowest BCUT2D eigenvalue weighted by Crippen LogP contribution is -2.54. The Bertz CT molecular complexity index is 1050. The summed E-state index contributed by atoms with van der Waals surface area (Å²) in [5.41, 5.74) is 2.44. The van der Waals surface area contributed by atoms with Gasteiger partial charge in [-0.3, -0.25) is 4.79 Å². The lowest BCUT2D eigenvalue weighted by atomic mass is 10.1. The molecular formula is C22H23F2N5O. The molecule has 156 valence electrons. The first kappa shape index (κ1) is 20.0. The number of hydrogen-bond acceptors (Lipinski definition) is 4. The van der Waals surface area contributed by atoms with Gasteiger partial charge in [0, 0.05) is 36.9 Å². The molecule has 2 heterocycles. The number of hydrogen-bond donors (Lipinski definition) is 0. The summed E-state index contributed by atoms with van der Waals surface area (Å²) in [6, 6.07) is 11.9. The second-order valence-corrected chi connectivity index (χ2v) is 7.58. The molecule has 1 fully saturated rings. The highest BCUT2D eigenvalue weighted by Gasteiger charge is 2.30. The van der Waals surface area contributed by atoms with Crippen molar-refractivity contribution in [2.24, 2.45) is 0 Å². The molecule has 2 aromatic carbocycles. The summed E-state index contributed by atoms with van der Waals surface area (Å²) < 4.78 is 29.0. The molecule has 1 unspecified atom stereocenters. The van der Waals surface area contributed by atoms with Crippen LogP contribution in [0.2, 0.25) is 0 Å². The van der Waals surface area contributed by atoms with Gasteiger partial charge in [0.2, 0.25) is 0 Å².